The van der Waals surface area contributed by atoms with Crippen molar-refractivity contribution in [2.75, 3.05) is 0 Å². The van der Waals surface area contributed by atoms with E-state index in [1.54, 1.807) is 5.57 Å². The van der Waals surface area contributed by atoms with E-state index >= 15 is 0 Å². The fraction of sp³-hybridized carbons (Fsp3) is 0.524. The van der Waals surface area contributed by atoms with Gasteiger partial charge in [-0.3, -0.25) is 0 Å². The van der Waals surface area contributed by atoms with E-state index in [1.807, 2.05) is 0 Å². The highest BCUT2D eigenvalue weighted by Crippen LogP contribution is 2.38. The Morgan fingerprint density at radius 1 is 1.19 bits per heavy atom. The van der Waals surface area contributed by atoms with Gasteiger partial charge in [0.1, 0.15) is 0 Å². The van der Waals surface area contributed by atoms with E-state index in [2.05, 4.69) is 65.8 Å². The minimum absolute atomic E-state index is 0.336. The van der Waals surface area contributed by atoms with Crippen LogP contribution < -0.4 is 0 Å². The lowest BCUT2D eigenvalue weighted by atomic mass is 9.75. The van der Waals surface area contributed by atoms with E-state index in [0.29, 0.717) is 5.41 Å². The van der Waals surface area contributed by atoms with Crippen LogP contribution in [0, 0.1) is 12.3 Å². The summed E-state index contributed by atoms with van der Waals surface area (Å²) in [7, 11) is 0. The van der Waals surface area contributed by atoms with Crippen LogP contribution in [0.5, 0.6) is 0 Å². The largest absolute Gasteiger partial charge is 0.0730 e. The third-order valence-electron chi connectivity index (χ3n) is 5.23. The van der Waals surface area contributed by atoms with Gasteiger partial charge >= 0.3 is 0 Å². The molecule has 0 aromatic heterocycles. The zero-order chi connectivity index (χ0) is 15.6. The second-order valence-electron chi connectivity index (χ2n) is 7.16. The zero-order valence-corrected chi connectivity index (χ0v) is 14.6. The van der Waals surface area contributed by atoms with Crippen LogP contribution in [0.2, 0.25) is 0 Å². The van der Waals surface area contributed by atoms with Crippen LogP contribution in [0.1, 0.15) is 76.1 Å². The molecule has 114 valence electrons. The Bertz CT molecular complexity index is 582. The molecule has 0 heteroatoms. The van der Waals surface area contributed by atoms with Crippen molar-refractivity contribution in [1.29, 1.82) is 0 Å². The molecule has 21 heavy (non-hydrogen) atoms. The Hall–Kier alpha value is -1.30. The molecular weight excluding hydrogens is 252 g/mol. The lowest BCUT2D eigenvalue weighted by Gasteiger charge is -2.30. The standard InChI is InChI=1S/C21H30/c1-7-15(3)11-18-13-17-9-10-20(21(5,6)8-2)14-19(17)12-16(18)4/h11-14H,7-10H2,1-6H3/b15-11-. The molecule has 1 aromatic rings. The second kappa shape index (κ2) is 6.22. The normalized spacial score (nSPS) is 15.7. The van der Waals surface area contributed by atoms with Gasteiger partial charge in [-0.05, 0) is 67.2 Å². The number of aryl methyl sites for hydroxylation is 2. The molecule has 0 spiro atoms. The molecule has 0 N–H and O–H groups in total. The van der Waals surface area contributed by atoms with E-state index in [1.165, 1.54) is 47.1 Å². The lowest BCUT2D eigenvalue weighted by molar-refractivity contribution is 0.415. The first-order chi connectivity index (χ1) is 9.87. The molecular formula is C21H30. The SMILES string of the molecule is CC/C(C)=C\c1cc2c(cc1C)C=C(C(C)(C)CC)CC2. The average molecular weight is 282 g/mol. The molecule has 0 aliphatic heterocycles. The van der Waals surface area contributed by atoms with Gasteiger partial charge in [0.2, 0.25) is 0 Å². The van der Waals surface area contributed by atoms with Gasteiger partial charge < -0.3 is 0 Å². The fourth-order valence-electron chi connectivity index (χ4n) is 2.96. The van der Waals surface area contributed by atoms with Crippen molar-refractivity contribution in [3.05, 3.63) is 45.5 Å². The third kappa shape index (κ3) is 3.48. The first-order valence-corrected chi connectivity index (χ1v) is 8.39. The van der Waals surface area contributed by atoms with Crippen molar-refractivity contribution in [2.45, 2.75) is 67.2 Å². The van der Waals surface area contributed by atoms with Crippen LogP contribution in [0.25, 0.3) is 12.2 Å². The Morgan fingerprint density at radius 2 is 1.90 bits per heavy atom. The van der Waals surface area contributed by atoms with Crippen molar-refractivity contribution in [2.24, 2.45) is 5.41 Å². The summed E-state index contributed by atoms with van der Waals surface area (Å²) in [5, 5.41) is 0. The molecule has 0 atom stereocenters. The third-order valence-corrected chi connectivity index (χ3v) is 5.23. The molecule has 0 radical (unpaired) electrons. The zero-order valence-electron chi connectivity index (χ0n) is 14.6. The van der Waals surface area contributed by atoms with E-state index in [0.717, 1.165) is 6.42 Å². The maximum atomic E-state index is 2.45. The van der Waals surface area contributed by atoms with Gasteiger partial charge in [-0.1, -0.05) is 63.1 Å². The molecule has 0 bridgehead atoms. The molecule has 0 nitrogen and oxygen atoms in total. The van der Waals surface area contributed by atoms with Crippen LogP contribution in [-0.2, 0) is 6.42 Å². The Kier molecular flexibility index (Phi) is 4.76. The Balaban J connectivity index is 2.42. The van der Waals surface area contributed by atoms with Crippen LogP contribution in [0.15, 0.2) is 23.3 Å². The summed E-state index contributed by atoms with van der Waals surface area (Å²) < 4.78 is 0. The van der Waals surface area contributed by atoms with Crippen molar-refractivity contribution < 1.29 is 0 Å². The van der Waals surface area contributed by atoms with Crippen molar-refractivity contribution in [3.63, 3.8) is 0 Å². The van der Waals surface area contributed by atoms with Crippen molar-refractivity contribution in [1.82, 2.24) is 0 Å². The average Bonchev–Trinajstić information content (AvgIpc) is 2.47. The monoisotopic (exact) mass is 282 g/mol. The number of rotatable bonds is 4. The van der Waals surface area contributed by atoms with Gasteiger partial charge in [0, 0.05) is 0 Å². The molecule has 0 amide bonds. The molecule has 1 aliphatic rings. The molecule has 0 saturated heterocycles. The van der Waals surface area contributed by atoms with E-state index in [9.17, 15) is 0 Å². The summed E-state index contributed by atoms with van der Waals surface area (Å²) >= 11 is 0. The summed E-state index contributed by atoms with van der Waals surface area (Å²) in [4.78, 5) is 0. The first kappa shape index (κ1) is 16.1. The fourth-order valence-corrected chi connectivity index (χ4v) is 2.96. The highest BCUT2D eigenvalue weighted by Gasteiger charge is 2.24. The van der Waals surface area contributed by atoms with Crippen LogP contribution in [0.3, 0.4) is 0 Å². The summed E-state index contributed by atoms with van der Waals surface area (Å²) in [6.45, 7) is 13.7. The van der Waals surface area contributed by atoms with E-state index in [-0.39, 0.29) is 0 Å². The summed E-state index contributed by atoms with van der Waals surface area (Å²) in [5.41, 5.74) is 9.17. The highest BCUT2D eigenvalue weighted by atomic mass is 14.3. The quantitative estimate of drug-likeness (QED) is 0.585. The van der Waals surface area contributed by atoms with E-state index in [4.69, 9.17) is 0 Å². The molecule has 0 saturated carbocycles. The summed E-state index contributed by atoms with van der Waals surface area (Å²) in [5.74, 6) is 0. The topological polar surface area (TPSA) is 0 Å². The lowest BCUT2D eigenvalue weighted by Crippen LogP contribution is -2.16. The van der Waals surface area contributed by atoms with E-state index < -0.39 is 0 Å². The molecule has 2 rings (SSSR count). The minimum atomic E-state index is 0.336. The molecule has 0 fully saturated rings. The van der Waals surface area contributed by atoms with Crippen molar-refractivity contribution >= 4 is 12.2 Å². The van der Waals surface area contributed by atoms with Crippen LogP contribution in [-0.4, -0.2) is 0 Å². The van der Waals surface area contributed by atoms with Gasteiger partial charge in [0.15, 0.2) is 0 Å². The van der Waals surface area contributed by atoms with Gasteiger partial charge in [0.25, 0.3) is 0 Å². The number of benzene rings is 1. The van der Waals surface area contributed by atoms with Crippen LogP contribution in [0.4, 0.5) is 0 Å². The number of allylic oxidation sites excluding steroid dienone is 2. The maximum Gasteiger partial charge on any atom is -0.0144 e. The van der Waals surface area contributed by atoms with Gasteiger partial charge in [0.05, 0.1) is 0 Å². The molecule has 0 heterocycles. The predicted molar refractivity (Wildman–Crippen MR) is 95.5 cm³/mol. The van der Waals surface area contributed by atoms with Crippen LogP contribution >= 0.6 is 0 Å². The molecule has 1 aromatic carbocycles. The number of fused-ring (bicyclic) bond motifs is 1. The number of hydrogen-bond donors (Lipinski definition) is 0. The van der Waals surface area contributed by atoms with Gasteiger partial charge in [-0.25, -0.2) is 0 Å². The van der Waals surface area contributed by atoms with Gasteiger partial charge in [-0.2, -0.15) is 0 Å². The highest BCUT2D eigenvalue weighted by molar-refractivity contribution is 5.67. The first-order valence-electron chi connectivity index (χ1n) is 8.39. The maximum absolute atomic E-state index is 2.45. The molecule has 1 aliphatic carbocycles. The minimum Gasteiger partial charge on any atom is -0.0730 e. The summed E-state index contributed by atoms with van der Waals surface area (Å²) in [6.07, 6.45) is 9.55. The Morgan fingerprint density at radius 3 is 2.52 bits per heavy atom. The number of hydrogen-bond acceptors (Lipinski definition) is 0. The van der Waals surface area contributed by atoms with Crippen molar-refractivity contribution in [3.8, 4) is 0 Å². The smallest absolute Gasteiger partial charge is 0.0144 e. The molecule has 0 unspecified atom stereocenters. The summed E-state index contributed by atoms with van der Waals surface area (Å²) in [6, 6.07) is 4.80. The van der Waals surface area contributed by atoms with Gasteiger partial charge in [-0.15, -0.1) is 0 Å². The Labute approximate surface area is 131 Å². The predicted octanol–water partition coefficient (Wildman–Crippen LogP) is 6.57. The second-order valence-corrected chi connectivity index (χ2v) is 7.16.